The summed E-state index contributed by atoms with van der Waals surface area (Å²) in [7, 11) is 3.80. The van der Waals surface area contributed by atoms with Gasteiger partial charge in [-0.25, -0.2) is 0 Å². The van der Waals surface area contributed by atoms with E-state index in [2.05, 4.69) is 34.6 Å². The number of likely N-dealkylation sites (N-methyl/N-ethyl adjacent to an activating group) is 1. The third-order valence-corrected chi connectivity index (χ3v) is 4.55. The summed E-state index contributed by atoms with van der Waals surface area (Å²) in [5.74, 6) is 0. The number of nitrogens with one attached hydrogen (secondary N) is 1. The van der Waals surface area contributed by atoms with E-state index in [1.165, 1.54) is 10.9 Å². The number of aromatic nitrogens is 1. The summed E-state index contributed by atoms with van der Waals surface area (Å²) in [5, 5.41) is 4.65. The smallest absolute Gasteiger partial charge is 0.0916 e. The van der Waals surface area contributed by atoms with Crippen LogP contribution >= 0.6 is 0 Å². The maximum atomic E-state index is 5.97. The summed E-state index contributed by atoms with van der Waals surface area (Å²) >= 11 is 0. The van der Waals surface area contributed by atoms with E-state index in [0.717, 1.165) is 31.6 Å². The second-order valence-corrected chi connectivity index (χ2v) is 5.52. The van der Waals surface area contributed by atoms with Crippen LogP contribution in [0, 0.1) is 0 Å². The van der Waals surface area contributed by atoms with Gasteiger partial charge >= 0.3 is 0 Å². The van der Waals surface area contributed by atoms with Gasteiger partial charge in [0.05, 0.1) is 17.2 Å². The highest BCUT2D eigenvalue weighted by Crippen LogP contribution is 2.39. The Labute approximate surface area is 125 Å². The molecule has 2 aromatic rings. The lowest BCUT2D eigenvalue weighted by Crippen LogP contribution is -2.48. The number of nitrogens with zero attached hydrogens (tertiary/aromatic N) is 1. The van der Waals surface area contributed by atoms with Gasteiger partial charge in [-0.15, -0.1) is 0 Å². The highest BCUT2D eigenvalue weighted by molar-refractivity contribution is 5.82. The summed E-state index contributed by atoms with van der Waals surface area (Å²) in [4.78, 5) is 4.46. The molecule has 112 valence electrons. The predicted octanol–water partition coefficient (Wildman–Crippen LogP) is 2.69. The highest BCUT2D eigenvalue weighted by atomic mass is 16.5. The number of benzene rings is 1. The highest BCUT2D eigenvalue weighted by Gasteiger charge is 2.41. The van der Waals surface area contributed by atoms with Crippen molar-refractivity contribution in [3.8, 4) is 0 Å². The summed E-state index contributed by atoms with van der Waals surface area (Å²) in [5.41, 5.74) is 2.04. The molecule has 0 saturated carbocycles. The van der Waals surface area contributed by atoms with Gasteiger partial charge in [-0.05, 0) is 24.7 Å². The minimum Gasteiger partial charge on any atom is -0.381 e. The van der Waals surface area contributed by atoms with Crippen molar-refractivity contribution >= 4 is 10.9 Å². The van der Waals surface area contributed by atoms with Gasteiger partial charge in [-0.3, -0.25) is 4.98 Å². The number of ether oxygens (including phenoxy) is 2. The van der Waals surface area contributed by atoms with Crippen molar-refractivity contribution in [1.29, 1.82) is 0 Å². The summed E-state index contributed by atoms with van der Waals surface area (Å²) in [6.07, 6.45) is 3.62. The SMILES string of the molecule is CNC(c1cccc2ncccc12)C1(OC)CCOCC1. The first kappa shape index (κ1) is 14.4. The number of methoxy groups -OCH3 is 1. The standard InChI is InChI=1S/C17H22N2O2/c1-18-16(17(20-2)8-11-21-12-9-17)14-5-3-7-15-13(14)6-4-10-19-15/h3-7,10,16,18H,8-9,11-12H2,1-2H3. The van der Waals surface area contributed by atoms with Gasteiger partial charge < -0.3 is 14.8 Å². The fraction of sp³-hybridized carbons (Fsp3) is 0.471. The normalized spacial score (nSPS) is 19.5. The molecule has 1 aliphatic rings. The van der Waals surface area contributed by atoms with Crippen LogP contribution in [0.25, 0.3) is 10.9 Å². The Morgan fingerprint density at radius 1 is 1.24 bits per heavy atom. The summed E-state index contributed by atoms with van der Waals surface area (Å²) in [6.45, 7) is 1.49. The van der Waals surface area contributed by atoms with Crippen LogP contribution in [-0.4, -0.2) is 38.0 Å². The van der Waals surface area contributed by atoms with Gasteiger partial charge in [-0.1, -0.05) is 18.2 Å². The molecule has 0 radical (unpaired) electrons. The molecule has 3 rings (SSSR count). The molecule has 1 N–H and O–H groups in total. The van der Waals surface area contributed by atoms with E-state index < -0.39 is 0 Å². The van der Waals surface area contributed by atoms with Crippen LogP contribution < -0.4 is 5.32 Å². The van der Waals surface area contributed by atoms with Crippen LogP contribution in [0.1, 0.15) is 24.4 Å². The van der Waals surface area contributed by atoms with Gasteiger partial charge in [0, 0.05) is 44.7 Å². The lowest BCUT2D eigenvalue weighted by molar-refractivity contribution is -0.110. The van der Waals surface area contributed by atoms with Gasteiger partial charge in [0.1, 0.15) is 0 Å². The molecule has 0 bridgehead atoms. The maximum absolute atomic E-state index is 5.97. The molecule has 4 nitrogen and oxygen atoms in total. The van der Waals surface area contributed by atoms with Crippen LogP contribution in [-0.2, 0) is 9.47 Å². The van der Waals surface area contributed by atoms with E-state index >= 15 is 0 Å². The average molecular weight is 286 g/mol. The summed E-state index contributed by atoms with van der Waals surface area (Å²) < 4.78 is 11.5. The van der Waals surface area contributed by atoms with Gasteiger partial charge in [0.15, 0.2) is 0 Å². The van der Waals surface area contributed by atoms with E-state index in [4.69, 9.17) is 9.47 Å². The van der Waals surface area contributed by atoms with Crippen LogP contribution in [0.15, 0.2) is 36.5 Å². The zero-order valence-corrected chi connectivity index (χ0v) is 12.6. The zero-order valence-electron chi connectivity index (χ0n) is 12.6. The van der Waals surface area contributed by atoms with Gasteiger partial charge in [0.2, 0.25) is 0 Å². The molecule has 1 saturated heterocycles. The van der Waals surface area contributed by atoms with Crippen LogP contribution in [0.2, 0.25) is 0 Å². The molecule has 4 heteroatoms. The first-order valence-electron chi connectivity index (χ1n) is 7.44. The molecule has 21 heavy (non-hydrogen) atoms. The zero-order chi connectivity index (χ0) is 14.7. The molecule has 1 atom stereocenters. The number of hydrogen-bond donors (Lipinski definition) is 1. The average Bonchev–Trinajstić information content (AvgIpc) is 2.56. The molecule has 1 aromatic heterocycles. The Morgan fingerprint density at radius 3 is 2.76 bits per heavy atom. The third-order valence-electron chi connectivity index (χ3n) is 4.55. The maximum Gasteiger partial charge on any atom is 0.0916 e. The van der Waals surface area contributed by atoms with E-state index in [-0.39, 0.29) is 11.6 Å². The Hall–Kier alpha value is -1.49. The van der Waals surface area contributed by atoms with E-state index in [1.54, 1.807) is 7.11 Å². The topological polar surface area (TPSA) is 43.4 Å². The Morgan fingerprint density at radius 2 is 2.05 bits per heavy atom. The molecule has 1 aromatic carbocycles. The second-order valence-electron chi connectivity index (χ2n) is 5.52. The monoisotopic (exact) mass is 286 g/mol. The van der Waals surface area contributed by atoms with Crippen LogP contribution in [0.4, 0.5) is 0 Å². The molecule has 1 unspecified atom stereocenters. The molecule has 1 aliphatic heterocycles. The van der Waals surface area contributed by atoms with Crippen molar-refractivity contribution in [2.45, 2.75) is 24.5 Å². The molecule has 0 aliphatic carbocycles. The van der Waals surface area contributed by atoms with Crippen molar-refractivity contribution in [2.75, 3.05) is 27.4 Å². The van der Waals surface area contributed by atoms with Crippen LogP contribution in [0.3, 0.4) is 0 Å². The molecular weight excluding hydrogens is 264 g/mol. The largest absolute Gasteiger partial charge is 0.381 e. The third kappa shape index (κ3) is 2.55. The minimum atomic E-state index is -0.225. The Kier molecular flexibility index (Phi) is 4.19. The van der Waals surface area contributed by atoms with Crippen molar-refractivity contribution in [1.82, 2.24) is 10.3 Å². The minimum absolute atomic E-state index is 0.124. The van der Waals surface area contributed by atoms with Crippen molar-refractivity contribution in [2.24, 2.45) is 0 Å². The second kappa shape index (κ2) is 6.10. The van der Waals surface area contributed by atoms with Crippen molar-refractivity contribution < 1.29 is 9.47 Å². The molecule has 0 amide bonds. The Bertz CT molecular complexity index is 603. The number of rotatable bonds is 4. The Balaban J connectivity index is 2.09. The number of hydrogen-bond acceptors (Lipinski definition) is 4. The molecule has 1 fully saturated rings. The first-order chi connectivity index (χ1) is 10.3. The number of fused-ring (bicyclic) bond motifs is 1. The van der Waals surface area contributed by atoms with E-state index in [9.17, 15) is 0 Å². The van der Waals surface area contributed by atoms with Gasteiger partial charge in [-0.2, -0.15) is 0 Å². The summed E-state index contributed by atoms with van der Waals surface area (Å²) in [6, 6.07) is 10.5. The fourth-order valence-corrected chi connectivity index (χ4v) is 3.41. The fourth-order valence-electron chi connectivity index (χ4n) is 3.41. The quantitative estimate of drug-likeness (QED) is 0.938. The van der Waals surface area contributed by atoms with E-state index in [0.29, 0.717) is 0 Å². The van der Waals surface area contributed by atoms with Crippen LogP contribution in [0.5, 0.6) is 0 Å². The molecule has 2 heterocycles. The predicted molar refractivity (Wildman–Crippen MR) is 83.3 cm³/mol. The van der Waals surface area contributed by atoms with Gasteiger partial charge in [0.25, 0.3) is 0 Å². The lowest BCUT2D eigenvalue weighted by atomic mass is 9.81. The van der Waals surface area contributed by atoms with Crippen molar-refractivity contribution in [3.05, 3.63) is 42.1 Å². The first-order valence-corrected chi connectivity index (χ1v) is 7.44. The molecular formula is C17H22N2O2. The van der Waals surface area contributed by atoms with Crippen molar-refractivity contribution in [3.63, 3.8) is 0 Å². The lowest BCUT2D eigenvalue weighted by Gasteiger charge is -2.42. The van der Waals surface area contributed by atoms with E-state index in [1.807, 2.05) is 19.3 Å². The molecule has 0 spiro atoms. The number of pyridine rings is 1.